The lowest BCUT2D eigenvalue weighted by molar-refractivity contribution is -0.137. The zero-order valence-corrected chi connectivity index (χ0v) is 13.8. The van der Waals surface area contributed by atoms with Crippen LogP contribution in [0.2, 0.25) is 0 Å². The fourth-order valence-corrected chi connectivity index (χ4v) is 2.73. The Morgan fingerprint density at radius 2 is 1.82 bits per heavy atom. The maximum Gasteiger partial charge on any atom is 0.498 e. The third-order valence-corrected chi connectivity index (χ3v) is 4.72. The normalized spacial score (nSPS) is 19.9. The minimum absolute atomic E-state index is 0.338. The van der Waals surface area contributed by atoms with E-state index in [4.69, 9.17) is 9.31 Å². The molecule has 1 saturated heterocycles. The van der Waals surface area contributed by atoms with E-state index in [2.05, 4.69) is 9.99 Å². The molecule has 1 fully saturated rings. The van der Waals surface area contributed by atoms with Crippen molar-refractivity contribution in [3.8, 4) is 5.75 Å². The molecule has 6 nitrogen and oxygen atoms in total. The van der Waals surface area contributed by atoms with E-state index in [1.54, 1.807) is 4.68 Å². The molecule has 1 aromatic carbocycles. The highest BCUT2D eigenvalue weighted by molar-refractivity contribution is 6.63. The Labute approximate surface area is 130 Å². The lowest BCUT2D eigenvalue weighted by atomic mass is 9.77. The van der Waals surface area contributed by atoms with Crippen LogP contribution in [0.5, 0.6) is 5.75 Å². The molecule has 1 N–H and O–H groups in total. The zero-order valence-electron chi connectivity index (χ0n) is 13.8. The molecule has 0 spiro atoms. The van der Waals surface area contributed by atoms with Gasteiger partial charge in [-0.25, -0.2) is 5.26 Å². The fraction of sp³-hybridized carbons (Fsp3) is 0.533. The molecule has 118 valence electrons. The van der Waals surface area contributed by atoms with Crippen molar-refractivity contribution in [2.24, 2.45) is 7.05 Å². The van der Waals surface area contributed by atoms with E-state index < -0.39 is 18.3 Å². The second kappa shape index (κ2) is 4.71. The van der Waals surface area contributed by atoms with Gasteiger partial charge in [-0.2, -0.15) is 5.10 Å². The van der Waals surface area contributed by atoms with Gasteiger partial charge in [-0.1, -0.05) is 0 Å². The van der Waals surface area contributed by atoms with Gasteiger partial charge in [-0.05, 0) is 40.7 Å². The number of rotatable bonds is 2. The quantitative estimate of drug-likeness (QED) is 0.522. The van der Waals surface area contributed by atoms with E-state index >= 15 is 0 Å². The number of hydrogen-bond acceptors (Lipinski definition) is 5. The van der Waals surface area contributed by atoms with E-state index in [0.717, 1.165) is 16.5 Å². The number of benzene rings is 1. The van der Waals surface area contributed by atoms with Crippen molar-refractivity contribution < 1.29 is 19.5 Å². The van der Waals surface area contributed by atoms with Gasteiger partial charge in [0, 0.05) is 29.7 Å². The summed E-state index contributed by atoms with van der Waals surface area (Å²) in [5.74, 6) is 0.338. The lowest BCUT2D eigenvalue weighted by Gasteiger charge is -2.32. The van der Waals surface area contributed by atoms with E-state index in [0.29, 0.717) is 11.2 Å². The standard InChI is InChI=1S/C15H21BN2O4/c1-9-12-10(8-18(6)17-12)7-11(13(9)20-19)16-21-14(2,3)15(4,5)22-16/h7-8,19H,1-6H3. The minimum atomic E-state index is -0.601. The Kier molecular flexibility index (Phi) is 3.29. The first-order valence-corrected chi connectivity index (χ1v) is 7.30. The monoisotopic (exact) mass is 304 g/mol. The highest BCUT2D eigenvalue weighted by atomic mass is 17.1. The van der Waals surface area contributed by atoms with Crippen LogP contribution >= 0.6 is 0 Å². The molecule has 1 aliphatic heterocycles. The summed E-state index contributed by atoms with van der Waals surface area (Å²) >= 11 is 0. The van der Waals surface area contributed by atoms with Gasteiger partial charge in [0.2, 0.25) is 0 Å². The summed E-state index contributed by atoms with van der Waals surface area (Å²) < 4.78 is 13.9. The molecule has 0 aliphatic carbocycles. The smallest absolute Gasteiger partial charge is 0.399 e. The van der Waals surface area contributed by atoms with Gasteiger partial charge in [0.05, 0.1) is 16.7 Å². The van der Waals surface area contributed by atoms with Crippen LogP contribution in [0.15, 0.2) is 12.3 Å². The molecule has 0 unspecified atom stereocenters. The first-order chi connectivity index (χ1) is 10.2. The van der Waals surface area contributed by atoms with E-state index in [-0.39, 0.29) is 0 Å². The summed E-state index contributed by atoms with van der Waals surface area (Å²) in [6.45, 7) is 9.81. The van der Waals surface area contributed by atoms with Gasteiger partial charge in [0.25, 0.3) is 0 Å². The van der Waals surface area contributed by atoms with Crippen molar-refractivity contribution in [2.75, 3.05) is 0 Å². The van der Waals surface area contributed by atoms with E-state index in [9.17, 15) is 5.26 Å². The van der Waals surface area contributed by atoms with Crippen LogP contribution in [0.1, 0.15) is 33.3 Å². The fourth-order valence-electron chi connectivity index (χ4n) is 2.73. The predicted octanol–water partition coefficient (Wildman–Crippen LogP) is 2.03. The number of aromatic nitrogens is 2. The topological polar surface area (TPSA) is 65.7 Å². The van der Waals surface area contributed by atoms with Crippen molar-refractivity contribution in [3.63, 3.8) is 0 Å². The predicted molar refractivity (Wildman–Crippen MR) is 84.4 cm³/mol. The molecule has 0 saturated carbocycles. The number of aryl methyl sites for hydroxylation is 2. The Balaban J connectivity index is 2.15. The Hall–Kier alpha value is -1.57. The Morgan fingerprint density at radius 1 is 1.23 bits per heavy atom. The van der Waals surface area contributed by atoms with Crippen molar-refractivity contribution >= 4 is 23.5 Å². The van der Waals surface area contributed by atoms with Crippen LogP contribution in [-0.4, -0.2) is 33.4 Å². The van der Waals surface area contributed by atoms with Crippen LogP contribution in [0.3, 0.4) is 0 Å². The number of nitrogens with zero attached hydrogens (tertiary/aromatic N) is 2. The minimum Gasteiger partial charge on any atom is -0.399 e. The van der Waals surface area contributed by atoms with Crippen LogP contribution in [0.25, 0.3) is 10.9 Å². The summed E-state index contributed by atoms with van der Waals surface area (Å²) in [6.07, 6.45) is 1.91. The molecule has 0 atom stereocenters. The average Bonchev–Trinajstić information content (AvgIpc) is 2.87. The molecule has 2 aromatic rings. The van der Waals surface area contributed by atoms with Crippen LogP contribution in [0.4, 0.5) is 0 Å². The molecule has 0 amide bonds. The Bertz CT molecular complexity index is 723. The lowest BCUT2D eigenvalue weighted by Crippen LogP contribution is -2.41. The summed E-state index contributed by atoms with van der Waals surface area (Å²) in [6, 6.07) is 1.89. The van der Waals surface area contributed by atoms with E-state index in [1.807, 2.05) is 53.9 Å². The van der Waals surface area contributed by atoms with Crippen LogP contribution in [0, 0.1) is 6.92 Å². The molecule has 0 radical (unpaired) electrons. The summed E-state index contributed by atoms with van der Waals surface area (Å²) in [5.41, 5.74) is 1.29. The molecule has 1 aliphatic rings. The molecular weight excluding hydrogens is 283 g/mol. The molecule has 7 heteroatoms. The van der Waals surface area contributed by atoms with Gasteiger partial charge in [-0.3, -0.25) is 4.68 Å². The van der Waals surface area contributed by atoms with Crippen molar-refractivity contribution in [2.45, 2.75) is 45.8 Å². The maximum atomic E-state index is 9.34. The summed E-state index contributed by atoms with van der Waals surface area (Å²) in [7, 11) is 1.25. The second-order valence-corrected chi connectivity index (χ2v) is 6.84. The summed E-state index contributed by atoms with van der Waals surface area (Å²) in [4.78, 5) is 4.63. The van der Waals surface area contributed by atoms with Gasteiger partial charge >= 0.3 is 7.12 Å². The van der Waals surface area contributed by atoms with Crippen molar-refractivity contribution in [1.29, 1.82) is 0 Å². The number of fused-ring (bicyclic) bond motifs is 1. The third-order valence-electron chi connectivity index (χ3n) is 4.72. The van der Waals surface area contributed by atoms with Gasteiger partial charge in [-0.15, -0.1) is 0 Å². The van der Waals surface area contributed by atoms with Gasteiger partial charge < -0.3 is 14.2 Å². The van der Waals surface area contributed by atoms with Crippen LogP contribution in [-0.2, 0) is 16.4 Å². The average molecular weight is 304 g/mol. The van der Waals surface area contributed by atoms with Crippen LogP contribution < -0.4 is 10.4 Å². The largest absolute Gasteiger partial charge is 0.498 e. The number of hydrogen-bond donors (Lipinski definition) is 1. The highest BCUT2D eigenvalue weighted by Crippen LogP contribution is 2.38. The van der Waals surface area contributed by atoms with Gasteiger partial charge in [0.1, 0.15) is 0 Å². The first kappa shape index (κ1) is 15.3. The van der Waals surface area contributed by atoms with Crippen molar-refractivity contribution in [3.05, 3.63) is 17.8 Å². The zero-order chi connectivity index (χ0) is 16.3. The first-order valence-electron chi connectivity index (χ1n) is 7.30. The van der Waals surface area contributed by atoms with E-state index in [1.165, 1.54) is 0 Å². The second-order valence-electron chi connectivity index (χ2n) is 6.84. The Morgan fingerprint density at radius 3 is 2.36 bits per heavy atom. The molecule has 1 aromatic heterocycles. The maximum absolute atomic E-state index is 9.34. The summed E-state index contributed by atoms with van der Waals surface area (Å²) in [5, 5.41) is 14.7. The molecular formula is C15H21BN2O4. The SMILES string of the molecule is Cc1c(OO)c(B2OC(C)(C)C(C)(C)O2)cc2cn(C)nc12. The molecule has 2 heterocycles. The van der Waals surface area contributed by atoms with Crippen molar-refractivity contribution in [1.82, 2.24) is 9.78 Å². The van der Waals surface area contributed by atoms with Gasteiger partial charge in [0.15, 0.2) is 5.75 Å². The third kappa shape index (κ3) is 2.12. The molecule has 0 bridgehead atoms. The molecule has 3 rings (SSSR count). The highest BCUT2D eigenvalue weighted by Gasteiger charge is 2.52. The molecule has 22 heavy (non-hydrogen) atoms.